The number of aldehydes is 1. The van der Waals surface area contributed by atoms with E-state index in [1.807, 2.05) is 43.7 Å². The molecule has 0 spiro atoms. The second-order valence-corrected chi connectivity index (χ2v) is 8.50. The van der Waals surface area contributed by atoms with Gasteiger partial charge in [-0.3, -0.25) is 9.98 Å². The number of aromatic amines is 1. The lowest BCUT2D eigenvalue weighted by atomic mass is 9.59. The Kier molecular flexibility index (Phi) is 8.53. The fourth-order valence-corrected chi connectivity index (χ4v) is 4.00. The number of carbonyl (C=O) groups is 1. The maximum absolute atomic E-state index is 11.6. The number of hydrogen-bond donors (Lipinski definition) is 1. The minimum Gasteiger partial charge on any atom is -0.340 e. The van der Waals surface area contributed by atoms with Crippen LogP contribution in [0, 0.1) is 12.3 Å². The minimum absolute atomic E-state index is 0.235. The number of aryl methyl sites for hydroxylation is 1. The standard InChI is InChI=1S/C27H33BN4O/c1-5-21(14-29-17-26-31-16-24(32-26)22-11-9-8-10-12-22)23-15-30-25(13-20(23)4)28-18-27(6-2,7-3)19-33/h5,8-16,19,28H,6-7,17-18H2,1-4H3,(H,31,32)/b21-5+,29-14-. The average molecular weight is 440 g/mol. The number of pyridine rings is 1. The van der Waals surface area contributed by atoms with Gasteiger partial charge in [-0.2, -0.15) is 0 Å². The number of allylic oxidation sites excluding steroid dienone is 2. The van der Waals surface area contributed by atoms with Crippen LogP contribution in [0.2, 0.25) is 6.32 Å². The molecule has 33 heavy (non-hydrogen) atoms. The molecule has 1 aromatic carbocycles. The fraction of sp³-hybridized carbons (Fsp3) is 0.333. The van der Waals surface area contributed by atoms with Gasteiger partial charge in [0.1, 0.15) is 12.1 Å². The van der Waals surface area contributed by atoms with Gasteiger partial charge in [0.25, 0.3) is 0 Å². The van der Waals surface area contributed by atoms with E-state index in [-0.39, 0.29) is 5.41 Å². The number of carbonyl (C=O) groups excluding carboxylic acids is 1. The fourth-order valence-electron chi connectivity index (χ4n) is 4.00. The highest BCUT2D eigenvalue weighted by Gasteiger charge is 2.25. The third kappa shape index (κ3) is 6.16. The number of imidazole rings is 1. The van der Waals surface area contributed by atoms with Crippen molar-refractivity contribution in [3.63, 3.8) is 0 Å². The summed E-state index contributed by atoms with van der Waals surface area (Å²) >= 11 is 0. The molecular formula is C27H33BN4O. The van der Waals surface area contributed by atoms with Crippen LogP contribution < -0.4 is 5.59 Å². The first-order valence-electron chi connectivity index (χ1n) is 11.7. The number of nitrogens with zero attached hydrogens (tertiary/aromatic N) is 3. The number of rotatable bonds is 11. The van der Waals surface area contributed by atoms with E-state index in [1.54, 1.807) is 0 Å². The molecule has 0 saturated carbocycles. The van der Waals surface area contributed by atoms with Crippen LogP contribution in [-0.2, 0) is 11.3 Å². The Morgan fingerprint density at radius 2 is 1.91 bits per heavy atom. The summed E-state index contributed by atoms with van der Waals surface area (Å²) in [4.78, 5) is 28.7. The summed E-state index contributed by atoms with van der Waals surface area (Å²) in [6, 6.07) is 12.3. The molecule has 6 heteroatoms. The second kappa shape index (κ2) is 11.5. The van der Waals surface area contributed by atoms with Gasteiger partial charge in [0.05, 0.1) is 18.4 Å². The van der Waals surface area contributed by atoms with E-state index in [0.717, 1.165) is 72.1 Å². The zero-order valence-electron chi connectivity index (χ0n) is 20.1. The van der Waals surface area contributed by atoms with Crippen LogP contribution in [0.25, 0.3) is 16.8 Å². The third-order valence-electron chi connectivity index (χ3n) is 6.51. The van der Waals surface area contributed by atoms with Gasteiger partial charge in [0, 0.05) is 23.4 Å². The largest absolute Gasteiger partial charge is 0.340 e. The van der Waals surface area contributed by atoms with Crippen molar-refractivity contribution < 1.29 is 4.79 Å². The van der Waals surface area contributed by atoms with Crippen molar-refractivity contribution in [1.82, 2.24) is 15.0 Å². The van der Waals surface area contributed by atoms with Gasteiger partial charge < -0.3 is 9.78 Å². The first-order valence-corrected chi connectivity index (χ1v) is 11.7. The number of H-pyrrole nitrogens is 1. The van der Waals surface area contributed by atoms with Crippen molar-refractivity contribution in [1.29, 1.82) is 0 Å². The lowest BCUT2D eigenvalue weighted by Crippen LogP contribution is -2.29. The Morgan fingerprint density at radius 1 is 1.15 bits per heavy atom. The van der Waals surface area contributed by atoms with Crippen LogP contribution in [-0.4, -0.2) is 34.7 Å². The molecule has 0 saturated heterocycles. The maximum atomic E-state index is 11.6. The van der Waals surface area contributed by atoms with E-state index in [2.05, 4.69) is 65.0 Å². The molecule has 170 valence electrons. The lowest BCUT2D eigenvalue weighted by Gasteiger charge is -2.24. The van der Waals surface area contributed by atoms with Crippen molar-refractivity contribution >= 4 is 30.9 Å². The smallest absolute Gasteiger partial charge is 0.183 e. The second-order valence-electron chi connectivity index (χ2n) is 8.50. The van der Waals surface area contributed by atoms with Crippen LogP contribution in [0.15, 0.2) is 59.9 Å². The van der Waals surface area contributed by atoms with Gasteiger partial charge in [0.2, 0.25) is 0 Å². The zero-order valence-corrected chi connectivity index (χ0v) is 20.1. The van der Waals surface area contributed by atoms with E-state index in [9.17, 15) is 4.79 Å². The number of hydrogen-bond acceptors (Lipinski definition) is 4. The first-order chi connectivity index (χ1) is 16.0. The van der Waals surface area contributed by atoms with E-state index < -0.39 is 0 Å². The minimum atomic E-state index is -0.235. The molecule has 1 N–H and O–H groups in total. The molecule has 0 fully saturated rings. The van der Waals surface area contributed by atoms with Gasteiger partial charge >= 0.3 is 0 Å². The molecule has 2 aromatic heterocycles. The topological polar surface area (TPSA) is 71.0 Å². The van der Waals surface area contributed by atoms with Gasteiger partial charge in [-0.1, -0.05) is 56.6 Å². The number of benzene rings is 1. The maximum Gasteiger partial charge on any atom is 0.183 e. The molecule has 0 aliphatic carbocycles. The van der Waals surface area contributed by atoms with E-state index in [4.69, 9.17) is 0 Å². The van der Waals surface area contributed by atoms with Crippen LogP contribution in [0.5, 0.6) is 0 Å². The van der Waals surface area contributed by atoms with Crippen LogP contribution in [0.1, 0.15) is 50.6 Å². The first kappa shape index (κ1) is 24.4. The quantitative estimate of drug-likeness (QED) is 0.261. The number of aliphatic imine (C=N–C) groups is 1. The Bertz CT molecular complexity index is 1110. The molecule has 0 atom stereocenters. The molecule has 3 aromatic rings. The normalized spacial score (nSPS) is 12.3. The highest BCUT2D eigenvalue weighted by atomic mass is 16.1. The van der Waals surface area contributed by atoms with Gasteiger partial charge in [0.15, 0.2) is 7.28 Å². The van der Waals surface area contributed by atoms with Crippen molar-refractivity contribution in [2.75, 3.05) is 0 Å². The highest BCUT2D eigenvalue weighted by Crippen LogP contribution is 2.28. The van der Waals surface area contributed by atoms with Crippen molar-refractivity contribution in [3.05, 3.63) is 71.8 Å². The molecule has 2 heterocycles. The Morgan fingerprint density at radius 3 is 2.55 bits per heavy atom. The summed E-state index contributed by atoms with van der Waals surface area (Å²) in [6.45, 7) is 8.76. The predicted octanol–water partition coefficient (Wildman–Crippen LogP) is 4.94. The highest BCUT2D eigenvalue weighted by molar-refractivity contribution is 6.52. The van der Waals surface area contributed by atoms with Crippen LogP contribution >= 0.6 is 0 Å². The summed E-state index contributed by atoms with van der Waals surface area (Å²) in [6.07, 6.45) is 11.4. The molecule has 0 bridgehead atoms. The van der Waals surface area contributed by atoms with Crippen LogP contribution in [0.4, 0.5) is 0 Å². The Balaban J connectivity index is 1.65. The molecule has 0 unspecified atom stereocenters. The number of nitrogens with one attached hydrogen (secondary N) is 1. The van der Waals surface area contributed by atoms with E-state index >= 15 is 0 Å². The monoisotopic (exact) mass is 440 g/mol. The van der Waals surface area contributed by atoms with E-state index in [0.29, 0.717) is 6.54 Å². The summed E-state index contributed by atoms with van der Waals surface area (Å²) in [7, 11) is 0.809. The summed E-state index contributed by atoms with van der Waals surface area (Å²) in [5.74, 6) is 0.830. The van der Waals surface area contributed by atoms with Gasteiger partial charge in [-0.25, -0.2) is 4.98 Å². The molecular weight excluding hydrogens is 407 g/mol. The van der Waals surface area contributed by atoms with Gasteiger partial charge in [-0.15, -0.1) is 0 Å². The third-order valence-corrected chi connectivity index (χ3v) is 6.51. The number of aromatic nitrogens is 3. The molecule has 0 aliphatic rings. The van der Waals surface area contributed by atoms with Gasteiger partial charge in [-0.05, 0) is 55.0 Å². The summed E-state index contributed by atoms with van der Waals surface area (Å²) < 4.78 is 0. The van der Waals surface area contributed by atoms with Crippen molar-refractivity contribution in [2.24, 2.45) is 10.4 Å². The van der Waals surface area contributed by atoms with Crippen molar-refractivity contribution in [3.8, 4) is 11.3 Å². The molecule has 5 nitrogen and oxygen atoms in total. The molecule has 0 radical (unpaired) electrons. The zero-order chi connectivity index (χ0) is 23.7. The SMILES string of the molecule is C/C=C(\C=N/Cc1ncc(-c2ccccc2)[nH]1)c1cnc(BCC(C=O)(CC)CC)cc1C. The van der Waals surface area contributed by atoms with E-state index in [1.165, 1.54) is 0 Å². The summed E-state index contributed by atoms with van der Waals surface area (Å²) in [5.41, 5.74) is 6.16. The van der Waals surface area contributed by atoms with Crippen molar-refractivity contribution in [2.45, 2.75) is 53.4 Å². The summed E-state index contributed by atoms with van der Waals surface area (Å²) in [5, 5.41) is 0. The lowest BCUT2D eigenvalue weighted by molar-refractivity contribution is -0.115. The molecule has 3 rings (SSSR count). The molecule has 0 aliphatic heterocycles. The van der Waals surface area contributed by atoms with Crippen LogP contribution in [0.3, 0.4) is 0 Å². The Hall–Kier alpha value is -3.28. The average Bonchev–Trinajstić information content (AvgIpc) is 3.33. The molecule has 0 amide bonds. The Labute approximate surface area is 197 Å². The predicted molar refractivity (Wildman–Crippen MR) is 140 cm³/mol.